The topological polar surface area (TPSA) is 16.3 Å². The van der Waals surface area contributed by atoms with Crippen LogP contribution < -0.4 is 9.80 Å². The highest BCUT2D eigenvalue weighted by Gasteiger charge is 2.26. The van der Waals surface area contributed by atoms with Gasteiger partial charge in [-0.1, -0.05) is 183 Å². The van der Waals surface area contributed by atoms with E-state index in [1.54, 1.807) is 0 Å². The van der Waals surface area contributed by atoms with Gasteiger partial charge in [-0.15, -0.1) is 0 Å². The standard InChI is InChI=1S/C73H58N4/c1-51-48-57(53-20-8-3-9-21-53)36-45-69(51)75(64-44-47-73-68(50-64)66-27-15-17-29-71(66)77(73)59-24-12-5-13-25-59)62-41-34-56(35-42-62)55-32-39-61(40-33-55)74(60-37-30-54(31-38-60)52-18-6-2-7-19-52)63-43-46-72-67(49-63)65-26-14-16-28-70(65)76(72)58-22-10-4-11-23-58/h2-24,26-30,32-37,39-47,49-51,59H,25,31,38,48H2,1H3. The predicted molar refractivity (Wildman–Crippen MR) is 326 cm³/mol. The van der Waals surface area contributed by atoms with Gasteiger partial charge in [0, 0.05) is 78.3 Å². The molecular formula is C73H58N4. The van der Waals surface area contributed by atoms with Crippen molar-refractivity contribution in [2.75, 3.05) is 9.80 Å². The van der Waals surface area contributed by atoms with Crippen LogP contribution in [0.15, 0.2) is 284 Å². The summed E-state index contributed by atoms with van der Waals surface area (Å²) in [5, 5.41) is 5.04. The third-order valence-corrected chi connectivity index (χ3v) is 16.2. The number of hydrogen-bond donors (Lipinski definition) is 0. The monoisotopic (exact) mass is 990 g/mol. The maximum absolute atomic E-state index is 2.53. The third kappa shape index (κ3) is 8.43. The van der Waals surface area contributed by atoms with E-state index in [1.807, 2.05) is 0 Å². The lowest BCUT2D eigenvalue weighted by Gasteiger charge is -2.34. The van der Waals surface area contributed by atoms with Crippen molar-refractivity contribution in [3.05, 3.63) is 296 Å². The molecule has 0 N–H and O–H groups in total. The van der Waals surface area contributed by atoms with Crippen LogP contribution in [-0.4, -0.2) is 9.13 Å². The Bertz CT molecular complexity index is 4200. The first kappa shape index (κ1) is 46.2. The summed E-state index contributed by atoms with van der Waals surface area (Å²) in [6.45, 7) is 2.38. The van der Waals surface area contributed by atoms with E-state index in [1.165, 1.54) is 88.4 Å². The molecule has 11 aromatic rings. The fourth-order valence-corrected chi connectivity index (χ4v) is 12.5. The van der Waals surface area contributed by atoms with Crippen LogP contribution >= 0.6 is 0 Å². The summed E-state index contributed by atoms with van der Waals surface area (Å²) in [7, 11) is 0. The summed E-state index contributed by atoms with van der Waals surface area (Å²) >= 11 is 0. The molecule has 0 aliphatic heterocycles. The summed E-state index contributed by atoms with van der Waals surface area (Å²) in [5.41, 5.74) is 20.9. The van der Waals surface area contributed by atoms with Crippen LogP contribution in [0.5, 0.6) is 0 Å². The predicted octanol–water partition coefficient (Wildman–Crippen LogP) is 19.7. The third-order valence-electron chi connectivity index (χ3n) is 16.2. The lowest BCUT2D eigenvalue weighted by atomic mass is 9.87. The Kier molecular flexibility index (Phi) is 11.8. The molecule has 2 aromatic heterocycles. The zero-order chi connectivity index (χ0) is 51.2. The summed E-state index contributed by atoms with van der Waals surface area (Å²) in [6, 6.07) is 82.9. The molecule has 14 rings (SSSR count). The molecule has 4 nitrogen and oxygen atoms in total. The summed E-state index contributed by atoms with van der Waals surface area (Å²) in [4.78, 5) is 4.98. The quantitative estimate of drug-likeness (QED) is 0.128. The number of benzene rings is 9. The second-order valence-electron chi connectivity index (χ2n) is 20.8. The van der Waals surface area contributed by atoms with Crippen molar-refractivity contribution in [3.63, 3.8) is 0 Å². The Morgan fingerprint density at radius 3 is 1.56 bits per heavy atom. The van der Waals surface area contributed by atoms with E-state index < -0.39 is 0 Å². The summed E-state index contributed by atoms with van der Waals surface area (Å²) < 4.78 is 4.93. The number of anilines is 4. The zero-order valence-corrected chi connectivity index (χ0v) is 43.3. The minimum absolute atomic E-state index is 0.273. The SMILES string of the molecule is CC1CC(c2ccccc2)=CC=C1N(c1ccc(-c2ccc(N(C3=CC=C(c4ccccc4)CC3)c3ccc4c(c3)c3ccccc3n4-c3ccccc3)cc2)cc1)c1ccc2c(c1)c1ccccc1n2C1C=CC=CC1. The average molecular weight is 991 g/mol. The van der Waals surface area contributed by atoms with E-state index in [0.29, 0.717) is 0 Å². The highest BCUT2D eigenvalue weighted by Crippen LogP contribution is 2.45. The Morgan fingerprint density at radius 1 is 0.403 bits per heavy atom. The highest BCUT2D eigenvalue weighted by molar-refractivity contribution is 6.11. The molecular weight excluding hydrogens is 933 g/mol. The first-order valence-corrected chi connectivity index (χ1v) is 27.3. The van der Waals surface area contributed by atoms with Crippen LogP contribution in [0.1, 0.15) is 49.8 Å². The molecule has 3 aliphatic rings. The Labute approximate surface area is 451 Å². The molecule has 2 heterocycles. The number of hydrogen-bond acceptors (Lipinski definition) is 2. The molecule has 0 spiro atoms. The molecule has 370 valence electrons. The van der Waals surface area contributed by atoms with Gasteiger partial charge in [-0.25, -0.2) is 0 Å². The molecule has 0 amide bonds. The van der Waals surface area contributed by atoms with Crippen molar-refractivity contribution in [1.82, 2.24) is 9.13 Å². The second kappa shape index (κ2) is 19.7. The van der Waals surface area contributed by atoms with Crippen molar-refractivity contribution in [2.24, 2.45) is 5.92 Å². The first-order chi connectivity index (χ1) is 38.1. The van der Waals surface area contributed by atoms with Gasteiger partial charge in [0.2, 0.25) is 0 Å². The van der Waals surface area contributed by atoms with Gasteiger partial charge in [-0.2, -0.15) is 0 Å². The smallest absolute Gasteiger partial charge is 0.0560 e. The van der Waals surface area contributed by atoms with Gasteiger partial charge < -0.3 is 18.9 Å². The number of aromatic nitrogens is 2. The normalized spacial score (nSPS) is 16.4. The van der Waals surface area contributed by atoms with Gasteiger partial charge in [0.05, 0.1) is 17.1 Å². The van der Waals surface area contributed by atoms with E-state index in [0.717, 1.165) is 54.1 Å². The maximum Gasteiger partial charge on any atom is 0.0560 e. The van der Waals surface area contributed by atoms with E-state index >= 15 is 0 Å². The van der Waals surface area contributed by atoms with E-state index in [2.05, 4.69) is 299 Å². The fraction of sp³-hybridized carbons (Fsp3) is 0.0959. The van der Waals surface area contributed by atoms with Crippen LogP contribution in [0.3, 0.4) is 0 Å². The Balaban J connectivity index is 0.840. The Hall–Kier alpha value is -9.38. The zero-order valence-electron chi connectivity index (χ0n) is 43.3. The molecule has 0 radical (unpaired) electrons. The number of rotatable bonds is 11. The van der Waals surface area contributed by atoms with Crippen molar-refractivity contribution in [3.8, 4) is 16.8 Å². The van der Waals surface area contributed by atoms with Crippen LogP contribution in [0, 0.1) is 5.92 Å². The molecule has 9 aromatic carbocycles. The number of para-hydroxylation sites is 3. The minimum Gasteiger partial charge on any atom is -0.333 e. The van der Waals surface area contributed by atoms with Gasteiger partial charge >= 0.3 is 0 Å². The number of fused-ring (bicyclic) bond motifs is 6. The van der Waals surface area contributed by atoms with Crippen molar-refractivity contribution >= 4 is 77.5 Å². The van der Waals surface area contributed by atoms with Crippen LogP contribution in [0.4, 0.5) is 22.7 Å². The lowest BCUT2D eigenvalue weighted by molar-refractivity contribution is 0.648. The molecule has 2 atom stereocenters. The number of nitrogens with zero attached hydrogens (tertiary/aromatic N) is 4. The van der Waals surface area contributed by atoms with Gasteiger partial charge in [-0.3, -0.25) is 0 Å². The van der Waals surface area contributed by atoms with E-state index in [9.17, 15) is 0 Å². The highest BCUT2D eigenvalue weighted by atomic mass is 15.2. The van der Waals surface area contributed by atoms with Crippen LogP contribution in [0.25, 0.3) is 71.6 Å². The molecule has 2 unspecified atom stereocenters. The Morgan fingerprint density at radius 2 is 0.922 bits per heavy atom. The molecule has 0 saturated carbocycles. The maximum atomic E-state index is 2.53. The van der Waals surface area contributed by atoms with Crippen molar-refractivity contribution in [2.45, 2.75) is 38.6 Å². The largest absolute Gasteiger partial charge is 0.333 e. The molecule has 0 bridgehead atoms. The molecule has 77 heavy (non-hydrogen) atoms. The van der Waals surface area contributed by atoms with Gasteiger partial charge in [0.25, 0.3) is 0 Å². The van der Waals surface area contributed by atoms with Gasteiger partial charge in [0.15, 0.2) is 0 Å². The minimum atomic E-state index is 0.273. The fourth-order valence-electron chi connectivity index (χ4n) is 12.5. The summed E-state index contributed by atoms with van der Waals surface area (Å²) in [6.07, 6.45) is 22.2. The molecule has 3 aliphatic carbocycles. The second-order valence-corrected chi connectivity index (χ2v) is 20.8. The molecule has 0 saturated heterocycles. The summed E-state index contributed by atoms with van der Waals surface area (Å²) in [5.74, 6) is 0.282. The first-order valence-electron chi connectivity index (χ1n) is 27.3. The van der Waals surface area contributed by atoms with Crippen molar-refractivity contribution < 1.29 is 0 Å². The van der Waals surface area contributed by atoms with Gasteiger partial charge in [-0.05, 0) is 156 Å². The van der Waals surface area contributed by atoms with Crippen LogP contribution in [0.2, 0.25) is 0 Å². The molecule has 4 heteroatoms. The van der Waals surface area contributed by atoms with Gasteiger partial charge in [0.1, 0.15) is 0 Å². The van der Waals surface area contributed by atoms with Crippen molar-refractivity contribution in [1.29, 1.82) is 0 Å². The van der Waals surface area contributed by atoms with Crippen LogP contribution in [-0.2, 0) is 0 Å². The molecule has 0 fully saturated rings. The van der Waals surface area contributed by atoms with E-state index in [-0.39, 0.29) is 12.0 Å². The lowest BCUT2D eigenvalue weighted by Crippen LogP contribution is -2.23. The average Bonchev–Trinajstić information content (AvgIpc) is 4.06. The van der Waals surface area contributed by atoms with E-state index in [4.69, 9.17) is 0 Å². The number of allylic oxidation sites excluding steroid dienone is 12.